The highest BCUT2D eigenvalue weighted by Gasteiger charge is 2.16. The first-order chi connectivity index (χ1) is 14.9. The van der Waals surface area contributed by atoms with Crippen LogP contribution in [0.2, 0.25) is 0 Å². The molecule has 10 nitrogen and oxygen atoms in total. The molecule has 10 heteroatoms. The molecule has 4 aromatic rings. The number of anilines is 3. The monoisotopic (exact) mass is 421 g/mol. The first-order valence-electron chi connectivity index (χ1n) is 9.27. The van der Waals surface area contributed by atoms with Gasteiger partial charge in [-0.1, -0.05) is 12.1 Å². The van der Waals surface area contributed by atoms with Crippen molar-refractivity contribution < 1.29 is 18.7 Å². The number of nitrogens with one attached hydrogen (secondary N) is 2. The number of nitrogens with two attached hydrogens (primary N) is 1. The van der Waals surface area contributed by atoms with E-state index in [4.69, 9.17) is 14.9 Å². The number of carbonyl (C=O) groups is 1. The molecule has 2 heterocycles. The highest BCUT2D eigenvalue weighted by Crippen LogP contribution is 2.34. The minimum absolute atomic E-state index is 0.0590. The average molecular weight is 421 g/mol. The number of fused-ring (bicyclic) bond motifs is 1. The van der Waals surface area contributed by atoms with E-state index >= 15 is 0 Å². The van der Waals surface area contributed by atoms with Crippen molar-refractivity contribution in [3.8, 4) is 17.0 Å². The van der Waals surface area contributed by atoms with Gasteiger partial charge >= 0.3 is 11.7 Å². The number of methoxy groups -OCH3 is 1. The molecule has 0 radical (unpaired) electrons. The lowest BCUT2D eigenvalue weighted by molar-refractivity contribution is -0.142. The molecule has 0 aliphatic rings. The van der Waals surface area contributed by atoms with Gasteiger partial charge in [0.15, 0.2) is 12.2 Å². The van der Waals surface area contributed by atoms with E-state index in [1.54, 1.807) is 30.3 Å². The number of hydrogen-bond acceptors (Lipinski definition) is 9. The zero-order chi connectivity index (χ0) is 22.0. The standard InChI is InChI=1S/C21H19N5O5/c1-11-18(13-5-3-4-6-15(13)30-10-17(27)29-2)25-20(22)26-19(11)23-12-7-8-16-14(9-12)24-21(28)31-16/h3-9H,10H2,1-2H3,(H,24,28)(H3,22,23,25,26). The van der Waals surface area contributed by atoms with E-state index in [2.05, 4.69) is 25.0 Å². The zero-order valence-corrected chi connectivity index (χ0v) is 16.8. The number of para-hydroxylation sites is 1. The Labute approximate surface area is 176 Å². The molecule has 0 saturated heterocycles. The highest BCUT2D eigenvalue weighted by atomic mass is 16.6. The Morgan fingerprint density at radius 1 is 1.23 bits per heavy atom. The van der Waals surface area contributed by atoms with E-state index in [1.165, 1.54) is 7.11 Å². The topological polar surface area (TPSA) is 145 Å². The van der Waals surface area contributed by atoms with Gasteiger partial charge in [0.05, 0.1) is 18.3 Å². The van der Waals surface area contributed by atoms with Crippen molar-refractivity contribution in [2.24, 2.45) is 0 Å². The van der Waals surface area contributed by atoms with Crippen LogP contribution in [0.5, 0.6) is 5.75 Å². The normalized spacial score (nSPS) is 10.8. The van der Waals surface area contributed by atoms with Gasteiger partial charge in [-0.25, -0.2) is 14.6 Å². The molecule has 0 aliphatic heterocycles. The second kappa shape index (κ2) is 8.19. The third-order valence-electron chi connectivity index (χ3n) is 4.56. The number of aromatic amines is 1. The fraction of sp³-hybridized carbons (Fsp3) is 0.143. The lowest BCUT2D eigenvalue weighted by Gasteiger charge is -2.15. The summed E-state index contributed by atoms with van der Waals surface area (Å²) < 4.78 is 15.3. The van der Waals surface area contributed by atoms with Gasteiger partial charge in [0.2, 0.25) is 5.95 Å². The number of hydrogen-bond donors (Lipinski definition) is 3. The number of carbonyl (C=O) groups excluding carboxylic acids is 1. The molecule has 0 amide bonds. The van der Waals surface area contributed by atoms with E-state index in [0.29, 0.717) is 45.2 Å². The molecular formula is C21H19N5O5. The second-order valence-electron chi connectivity index (χ2n) is 6.62. The van der Waals surface area contributed by atoms with Gasteiger partial charge in [-0.3, -0.25) is 4.98 Å². The number of nitrogen functional groups attached to an aromatic ring is 1. The smallest absolute Gasteiger partial charge is 0.417 e. The van der Waals surface area contributed by atoms with Crippen molar-refractivity contribution in [1.82, 2.24) is 15.0 Å². The van der Waals surface area contributed by atoms with E-state index in [-0.39, 0.29) is 12.6 Å². The summed E-state index contributed by atoms with van der Waals surface area (Å²) in [6.07, 6.45) is 0. The van der Waals surface area contributed by atoms with Crippen LogP contribution in [0.4, 0.5) is 17.5 Å². The van der Waals surface area contributed by atoms with E-state index < -0.39 is 11.7 Å². The summed E-state index contributed by atoms with van der Waals surface area (Å²) in [6.45, 7) is 1.60. The number of H-pyrrole nitrogens is 1. The molecule has 0 aliphatic carbocycles. The van der Waals surface area contributed by atoms with Crippen molar-refractivity contribution in [3.05, 3.63) is 58.6 Å². The molecule has 31 heavy (non-hydrogen) atoms. The van der Waals surface area contributed by atoms with Crippen LogP contribution in [0.15, 0.2) is 51.7 Å². The molecule has 4 N–H and O–H groups in total. The maximum Gasteiger partial charge on any atom is 0.417 e. The Hall–Kier alpha value is -4.34. The Kier molecular flexibility index (Phi) is 5.27. The summed E-state index contributed by atoms with van der Waals surface area (Å²) in [5, 5.41) is 3.19. The quantitative estimate of drug-likeness (QED) is 0.400. The molecule has 4 rings (SSSR count). The first kappa shape index (κ1) is 20.0. The fourth-order valence-electron chi connectivity index (χ4n) is 3.07. The fourth-order valence-corrected chi connectivity index (χ4v) is 3.07. The summed E-state index contributed by atoms with van der Waals surface area (Å²) in [5.41, 5.74) is 9.55. The zero-order valence-electron chi connectivity index (χ0n) is 16.8. The molecular weight excluding hydrogens is 402 g/mol. The summed E-state index contributed by atoms with van der Waals surface area (Å²) in [4.78, 5) is 34.1. The number of nitrogens with zero attached hydrogens (tertiary/aromatic N) is 2. The maximum atomic E-state index is 11.5. The SMILES string of the molecule is COC(=O)COc1ccccc1-c1nc(N)nc(Nc2ccc3oc(=O)[nH]c3c2)c1C. The summed E-state index contributed by atoms with van der Waals surface area (Å²) in [6, 6.07) is 12.3. The van der Waals surface area contributed by atoms with Crippen molar-refractivity contribution in [3.63, 3.8) is 0 Å². The number of aromatic nitrogens is 3. The number of oxazole rings is 1. The Morgan fingerprint density at radius 3 is 2.84 bits per heavy atom. The second-order valence-corrected chi connectivity index (χ2v) is 6.62. The maximum absolute atomic E-state index is 11.5. The van der Waals surface area contributed by atoms with Crippen LogP contribution in [0.25, 0.3) is 22.4 Å². The van der Waals surface area contributed by atoms with Crippen molar-refractivity contribution in [2.75, 3.05) is 24.8 Å². The summed E-state index contributed by atoms with van der Waals surface area (Å²) in [5.74, 6) is -0.0270. The van der Waals surface area contributed by atoms with Crippen LogP contribution < -0.4 is 21.5 Å². The van der Waals surface area contributed by atoms with Gasteiger partial charge in [0.25, 0.3) is 0 Å². The van der Waals surface area contributed by atoms with Gasteiger partial charge in [0, 0.05) is 16.8 Å². The van der Waals surface area contributed by atoms with Gasteiger partial charge in [-0.2, -0.15) is 4.98 Å². The van der Waals surface area contributed by atoms with Gasteiger partial charge in [0.1, 0.15) is 11.6 Å². The Morgan fingerprint density at radius 2 is 2.03 bits per heavy atom. The minimum Gasteiger partial charge on any atom is -0.481 e. The largest absolute Gasteiger partial charge is 0.481 e. The molecule has 0 bridgehead atoms. The minimum atomic E-state index is -0.527. The van der Waals surface area contributed by atoms with Crippen LogP contribution in [0.1, 0.15) is 5.56 Å². The molecule has 2 aromatic heterocycles. The van der Waals surface area contributed by atoms with Crippen LogP contribution in [-0.4, -0.2) is 34.6 Å². The number of ether oxygens (including phenoxy) is 2. The predicted octanol–water partition coefficient (Wildman–Crippen LogP) is 2.76. The first-order valence-corrected chi connectivity index (χ1v) is 9.27. The van der Waals surface area contributed by atoms with Crippen LogP contribution in [0, 0.1) is 6.92 Å². The molecule has 0 saturated carbocycles. The lowest BCUT2D eigenvalue weighted by atomic mass is 10.1. The third-order valence-corrected chi connectivity index (χ3v) is 4.56. The van der Waals surface area contributed by atoms with Crippen LogP contribution in [0.3, 0.4) is 0 Å². The van der Waals surface area contributed by atoms with Crippen LogP contribution in [-0.2, 0) is 9.53 Å². The molecule has 158 valence electrons. The highest BCUT2D eigenvalue weighted by molar-refractivity contribution is 5.80. The van der Waals surface area contributed by atoms with Gasteiger partial charge in [-0.05, 0) is 37.3 Å². The van der Waals surface area contributed by atoms with Crippen molar-refractivity contribution >= 4 is 34.5 Å². The average Bonchev–Trinajstić information content (AvgIpc) is 3.13. The number of esters is 1. The summed E-state index contributed by atoms with van der Waals surface area (Å²) in [7, 11) is 1.29. The molecule has 0 atom stereocenters. The third kappa shape index (κ3) is 4.17. The molecule has 0 spiro atoms. The van der Waals surface area contributed by atoms with E-state index in [0.717, 1.165) is 0 Å². The Balaban J connectivity index is 1.71. The van der Waals surface area contributed by atoms with Crippen LogP contribution >= 0.6 is 0 Å². The molecule has 2 aromatic carbocycles. The summed E-state index contributed by atoms with van der Waals surface area (Å²) >= 11 is 0. The molecule has 0 unspecified atom stereocenters. The predicted molar refractivity (Wildman–Crippen MR) is 114 cm³/mol. The van der Waals surface area contributed by atoms with Gasteiger partial charge < -0.3 is 24.9 Å². The van der Waals surface area contributed by atoms with E-state index in [9.17, 15) is 9.59 Å². The van der Waals surface area contributed by atoms with Crippen molar-refractivity contribution in [2.45, 2.75) is 6.92 Å². The van der Waals surface area contributed by atoms with E-state index in [1.807, 2.05) is 19.1 Å². The number of rotatable bonds is 6. The Bertz CT molecular complexity index is 1330. The number of benzene rings is 2. The molecule has 0 fully saturated rings. The van der Waals surface area contributed by atoms with Gasteiger partial charge in [-0.15, -0.1) is 0 Å². The lowest BCUT2D eigenvalue weighted by Crippen LogP contribution is -2.13. The van der Waals surface area contributed by atoms with Crippen molar-refractivity contribution in [1.29, 1.82) is 0 Å².